The molecule has 0 spiro atoms. The summed E-state index contributed by atoms with van der Waals surface area (Å²) < 4.78 is 5.38. The number of ether oxygens (including phenoxy) is 1. The third-order valence-corrected chi connectivity index (χ3v) is 3.05. The molecule has 0 aromatic carbocycles. The number of amides is 1. The second-order valence-electron chi connectivity index (χ2n) is 4.42. The third kappa shape index (κ3) is 4.35. The lowest BCUT2D eigenvalue weighted by molar-refractivity contribution is -0.136. The molecule has 3 heteroatoms. The van der Waals surface area contributed by atoms with Gasteiger partial charge < -0.3 is 9.64 Å². The van der Waals surface area contributed by atoms with E-state index in [1.807, 2.05) is 11.0 Å². The van der Waals surface area contributed by atoms with Gasteiger partial charge in [0.05, 0.1) is 0 Å². The fourth-order valence-corrected chi connectivity index (χ4v) is 2.04. The van der Waals surface area contributed by atoms with Crippen molar-refractivity contribution in [2.45, 2.75) is 45.1 Å². The SMILES string of the molecule is C=CCCCCOCC(=O)N1CCCC1C. The number of allylic oxidation sites excluding steroid dienone is 1. The Morgan fingerprint density at radius 2 is 2.38 bits per heavy atom. The summed E-state index contributed by atoms with van der Waals surface area (Å²) in [6.07, 6.45) is 7.31. The number of likely N-dealkylation sites (tertiary alicyclic amines) is 1. The highest BCUT2D eigenvalue weighted by Gasteiger charge is 2.24. The van der Waals surface area contributed by atoms with E-state index in [4.69, 9.17) is 4.74 Å². The van der Waals surface area contributed by atoms with Gasteiger partial charge in [0, 0.05) is 19.2 Å². The lowest BCUT2D eigenvalue weighted by Gasteiger charge is -2.21. The molecule has 0 aliphatic carbocycles. The van der Waals surface area contributed by atoms with Gasteiger partial charge in [0.2, 0.25) is 5.91 Å². The molecule has 1 saturated heterocycles. The van der Waals surface area contributed by atoms with E-state index in [1.165, 1.54) is 0 Å². The molecule has 1 fully saturated rings. The lowest BCUT2D eigenvalue weighted by atomic mass is 10.2. The lowest BCUT2D eigenvalue weighted by Crippen LogP contribution is -2.36. The highest BCUT2D eigenvalue weighted by Crippen LogP contribution is 2.16. The van der Waals surface area contributed by atoms with Gasteiger partial charge in [-0.25, -0.2) is 0 Å². The van der Waals surface area contributed by atoms with Crippen LogP contribution in [0.3, 0.4) is 0 Å². The molecule has 0 radical (unpaired) electrons. The van der Waals surface area contributed by atoms with Crippen molar-refractivity contribution in [3.05, 3.63) is 12.7 Å². The van der Waals surface area contributed by atoms with Crippen molar-refractivity contribution >= 4 is 5.91 Å². The molecule has 0 bridgehead atoms. The summed E-state index contributed by atoms with van der Waals surface area (Å²) in [6.45, 7) is 7.61. The molecule has 0 N–H and O–H groups in total. The van der Waals surface area contributed by atoms with Crippen LogP contribution in [0.1, 0.15) is 39.0 Å². The van der Waals surface area contributed by atoms with Crippen molar-refractivity contribution in [3.63, 3.8) is 0 Å². The predicted molar refractivity (Wildman–Crippen MR) is 65.3 cm³/mol. The van der Waals surface area contributed by atoms with Gasteiger partial charge in [-0.15, -0.1) is 6.58 Å². The van der Waals surface area contributed by atoms with E-state index in [0.717, 1.165) is 38.6 Å². The fraction of sp³-hybridized carbons (Fsp3) is 0.769. The second-order valence-corrected chi connectivity index (χ2v) is 4.42. The van der Waals surface area contributed by atoms with Crippen molar-refractivity contribution in [3.8, 4) is 0 Å². The molecule has 1 unspecified atom stereocenters. The van der Waals surface area contributed by atoms with Gasteiger partial charge in [0.1, 0.15) is 6.61 Å². The Morgan fingerprint density at radius 3 is 3.00 bits per heavy atom. The number of rotatable bonds is 7. The van der Waals surface area contributed by atoms with Crippen molar-refractivity contribution in [1.82, 2.24) is 4.90 Å². The fourth-order valence-electron chi connectivity index (χ4n) is 2.04. The smallest absolute Gasteiger partial charge is 0.248 e. The van der Waals surface area contributed by atoms with Crippen LogP contribution >= 0.6 is 0 Å². The molecule has 0 saturated carbocycles. The van der Waals surface area contributed by atoms with E-state index < -0.39 is 0 Å². The minimum atomic E-state index is 0.147. The monoisotopic (exact) mass is 225 g/mol. The van der Waals surface area contributed by atoms with Crippen LogP contribution in [0.25, 0.3) is 0 Å². The standard InChI is InChI=1S/C13H23NO2/c1-3-4-5-6-10-16-11-13(15)14-9-7-8-12(14)2/h3,12H,1,4-11H2,2H3. The molecule has 0 aromatic rings. The molecular formula is C13H23NO2. The molecule has 1 heterocycles. The topological polar surface area (TPSA) is 29.5 Å². The summed E-state index contributed by atoms with van der Waals surface area (Å²) in [6, 6.07) is 0.400. The highest BCUT2D eigenvalue weighted by atomic mass is 16.5. The first-order valence-electron chi connectivity index (χ1n) is 6.24. The Balaban J connectivity index is 2.04. The molecule has 3 nitrogen and oxygen atoms in total. The van der Waals surface area contributed by atoms with E-state index in [0.29, 0.717) is 12.6 Å². The first kappa shape index (κ1) is 13.2. The van der Waals surface area contributed by atoms with Gasteiger partial charge >= 0.3 is 0 Å². The Kier molecular flexibility index (Phi) is 6.16. The summed E-state index contributed by atoms with van der Waals surface area (Å²) in [7, 11) is 0. The van der Waals surface area contributed by atoms with E-state index in [-0.39, 0.29) is 12.5 Å². The van der Waals surface area contributed by atoms with E-state index in [2.05, 4.69) is 13.5 Å². The molecule has 1 aliphatic heterocycles. The van der Waals surface area contributed by atoms with Crippen LogP contribution in [-0.4, -0.2) is 36.6 Å². The number of unbranched alkanes of at least 4 members (excludes halogenated alkanes) is 2. The minimum Gasteiger partial charge on any atom is -0.372 e. The maximum atomic E-state index is 11.7. The molecule has 1 atom stereocenters. The van der Waals surface area contributed by atoms with Crippen LogP contribution in [0.4, 0.5) is 0 Å². The quantitative estimate of drug-likeness (QED) is 0.492. The zero-order valence-electron chi connectivity index (χ0n) is 10.3. The zero-order chi connectivity index (χ0) is 11.8. The third-order valence-electron chi connectivity index (χ3n) is 3.05. The van der Waals surface area contributed by atoms with Crippen LogP contribution in [0.15, 0.2) is 12.7 Å². The largest absolute Gasteiger partial charge is 0.372 e. The number of hydrogen-bond acceptors (Lipinski definition) is 2. The Hall–Kier alpha value is -0.830. The molecule has 1 rings (SSSR count). The molecule has 1 aliphatic rings. The number of nitrogens with zero attached hydrogens (tertiary/aromatic N) is 1. The summed E-state index contributed by atoms with van der Waals surface area (Å²) in [4.78, 5) is 13.7. The molecule has 1 amide bonds. The minimum absolute atomic E-state index is 0.147. The van der Waals surface area contributed by atoms with E-state index in [1.54, 1.807) is 0 Å². The number of carbonyl (C=O) groups excluding carboxylic acids is 1. The van der Waals surface area contributed by atoms with Crippen LogP contribution < -0.4 is 0 Å². The average Bonchev–Trinajstić information content (AvgIpc) is 2.69. The molecule has 0 aromatic heterocycles. The molecule has 16 heavy (non-hydrogen) atoms. The van der Waals surface area contributed by atoms with Gasteiger partial charge in [0.25, 0.3) is 0 Å². The Bertz CT molecular complexity index is 228. The van der Waals surface area contributed by atoms with Crippen molar-refractivity contribution in [2.24, 2.45) is 0 Å². The van der Waals surface area contributed by atoms with Crippen molar-refractivity contribution < 1.29 is 9.53 Å². The first-order valence-corrected chi connectivity index (χ1v) is 6.24. The van der Waals surface area contributed by atoms with E-state index >= 15 is 0 Å². The van der Waals surface area contributed by atoms with Crippen LogP contribution in [-0.2, 0) is 9.53 Å². The summed E-state index contributed by atoms with van der Waals surface area (Å²) in [5.41, 5.74) is 0. The maximum absolute atomic E-state index is 11.7. The van der Waals surface area contributed by atoms with Gasteiger partial charge in [-0.1, -0.05) is 6.08 Å². The Labute approximate surface area is 98.5 Å². The number of carbonyl (C=O) groups is 1. The summed E-state index contributed by atoms with van der Waals surface area (Å²) >= 11 is 0. The van der Waals surface area contributed by atoms with Gasteiger partial charge in [0.15, 0.2) is 0 Å². The van der Waals surface area contributed by atoms with E-state index in [9.17, 15) is 4.79 Å². The maximum Gasteiger partial charge on any atom is 0.248 e. The van der Waals surface area contributed by atoms with Gasteiger partial charge in [-0.05, 0) is 39.0 Å². The Morgan fingerprint density at radius 1 is 1.56 bits per heavy atom. The normalized spacial score (nSPS) is 20.1. The van der Waals surface area contributed by atoms with Crippen LogP contribution in [0, 0.1) is 0 Å². The molecular weight excluding hydrogens is 202 g/mol. The predicted octanol–water partition coefficient (Wildman–Crippen LogP) is 2.37. The molecule has 92 valence electrons. The second kappa shape index (κ2) is 7.44. The van der Waals surface area contributed by atoms with Crippen molar-refractivity contribution in [1.29, 1.82) is 0 Å². The van der Waals surface area contributed by atoms with Crippen molar-refractivity contribution in [2.75, 3.05) is 19.8 Å². The van der Waals surface area contributed by atoms with Crippen LogP contribution in [0.2, 0.25) is 0 Å². The first-order chi connectivity index (χ1) is 7.75. The highest BCUT2D eigenvalue weighted by molar-refractivity contribution is 5.78. The zero-order valence-corrected chi connectivity index (χ0v) is 10.3. The number of hydrogen-bond donors (Lipinski definition) is 0. The summed E-state index contributed by atoms with van der Waals surface area (Å²) in [5, 5.41) is 0. The van der Waals surface area contributed by atoms with Gasteiger partial charge in [-0.2, -0.15) is 0 Å². The summed E-state index contributed by atoms with van der Waals surface area (Å²) in [5.74, 6) is 0.147. The van der Waals surface area contributed by atoms with Gasteiger partial charge in [-0.3, -0.25) is 4.79 Å². The van der Waals surface area contributed by atoms with Crippen LogP contribution in [0.5, 0.6) is 0 Å². The average molecular weight is 225 g/mol.